The van der Waals surface area contributed by atoms with Crippen molar-refractivity contribution in [2.75, 3.05) is 61.5 Å². The van der Waals surface area contributed by atoms with Gasteiger partial charge in [-0.1, -0.05) is 6.58 Å². The van der Waals surface area contributed by atoms with Crippen molar-refractivity contribution in [1.29, 1.82) is 0 Å². The fourth-order valence-electron chi connectivity index (χ4n) is 5.20. The SMILES string of the molecule is C=CC(=O)Nc1cc(Nc2cc(N3OCC[C@@H]3c3cc(F)cc(F)c3)ncn2)c(OC)cc1N1CC[C@@H](N(C)C)C1. The molecule has 3 heterocycles. The predicted octanol–water partition coefficient (Wildman–Crippen LogP) is 4.65. The normalized spacial score (nSPS) is 18.6. The zero-order valence-electron chi connectivity index (χ0n) is 23.2. The number of hydrogen-bond donors (Lipinski definition) is 2. The van der Waals surface area contributed by atoms with E-state index < -0.39 is 17.7 Å². The summed E-state index contributed by atoms with van der Waals surface area (Å²) in [6.07, 6.45) is 4.12. The summed E-state index contributed by atoms with van der Waals surface area (Å²) in [6, 6.07) is 8.75. The van der Waals surface area contributed by atoms with Gasteiger partial charge in [-0.05, 0) is 50.4 Å². The average Bonchev–Trinajstić information content (AvgIpc) is 3.64. The summed E-state index contributed by atoms with van der Waals surface area (Å²) in [5.41, 5.74) is 2.45. The molecule has 2 aromatic carbocycles. The van der Waals surface area contributed by atoms with Crippen LogP contribution < -0.4 is 25.3 Å². The zero-order valence-corrected chi connectivity index (χ0v) is 23.2. The van der Waals surface area contributed by atoms with Gasteiger partial charge in [0.05, 0.1) is 36.8 Å². The van der Waals surface area contributed by atoms with Crippen LogP contribution >= 0.6 is 0 Å². The summed E-state index contributed by atoms with van der Waals surface area (Å²) in [5, 5.41) is 7.71. The molecule has 0 aliphatic carbocycles. The number of likely N-dealkylation sites (N-methyl/N-ethyl adjacent to an activating group) is 1. The first-order valence-corrected chi connectivity index (χ1v) is 13.3. The van der Waals surface area contributed by atoms with Crippen LogP contribution in [0, 0.1) is 11.6 Å². The molecule has 216 valence electrons. The van der Waals surface area contributed by atoms with Gasteiger partial charge < -0.3 is 25.2 Å². The molecule has 2 aliphatic heterocycles. The smallest absolute Gasteiger partial charge is 0.247 e. The van der Waals surface area contributed by atoms with Gasteiger partial charge in [0.25, 0.3) is 0 Å². The van der Waals surface area contributed by atoms with Crippen LogP contribution in [0.4, 0.5) is 37.5 Å². The Balaban J connectivity index is 1.44. The van der Waals surface area contributed by atoms with Crippen molar-refractivity contribution in [3.8, 4) is 5.75 Å². The van der Waals surface area contributed by atoms with E-state index >= 15 is 0 Å². The van der Waals surface area contributed by atoms with Gasteiger partial charge in [-0.15, -0.1) is 0 Å². The van der Waals surface area contributed by atoms with Gasteiger partial charge in [0.15, 0.2) is 5.82 Å². The molecule has 2 N–H and O–H groups in total. The molecule has 0 unspecified atom stereocenters. The molecule has 41 heavy (non-hydrogen) atoms. The largest absolute Gasteiger partial charge is 0.494 e. The van der Waals surface area contributed by atoms with Gasteiger partial charge in [-0.3, -0.25) is 9.63 Å². The number of nitrogens with zero attached hydrogens (tertiary/aromatic N) is 5. The molecule has 3 aromatic rings. The molecule has 0 saturated carbocycles. The van der Waals surface area contributed by atoms with Crippen LogP contribution in [0.5, 0.6) is 5.75 Å². The fourth-order valence-corrected chi connectivity index (χ4v) is 5.20. The number of benzene rings is 2. The molecule has 1 aromatic heterocycles. The Kier molecular flexibility index (Phi) is 8.31. The Bertz CT molecular complexity index is 1420. The molecule has 1 amide bonds. The minimum atomic E-state index is -0.655. The number of hydrogen-bond acceptors (Lipinski definition) is 9. The number of hydroxylamine groups is 1. The van der Waals surface area contributed by atoms with E-state index in [9.17, 15) is 13.6 Å². The van der Waals surface area contributed by atoms with Crippen LogP contribution in [0.25, 0.3) is 0 Å². The lowest BCUT2D eigenvalue weighted by atomic mass is 10.0. The highest BCUT2D eigenvalue weighted by atomic mass is 19.1. The first-order chi connectivity index (χ1) is 19.7. The second-order valence-electron chi connectivity index (χ2n) is 10.2. The van der Waals surface area contributed by atoms with Gasteiger partial charge in [0.2, 0.25) is 5.91 Å². The molecule has 2 fully saturated rings. The first-order valence-electron chi connectivity index (χ1n) is 13.3. The predicted molar refractivity (Wildman–Crippen MR) is 154 cm³/mol. The lowest BCUT2D eigenvalue weighted by Crippen LogP contribution is -2.31. The lowest BCUT2D eigenvalue weighted by molar-refractivity contribution is -0.111. The maximum absolute atomic E-state index is 13.9. The van der Waals surface area contributed by atoms with Gasteiger partial charge in [-0.2, -0.15) is 0 Å². The van der Waals surface area contributed by atoms with Gasteiger partial charge in [0.1, 0.15) is 29.5 Å². The van der Waals surface area contributed by atoms with Gasteiger partial charge >= 0.3 is 0 Å². The summed E-state index contributed by atoms with van der Waals surface area (Å²) in [7, 11) is 5.69. The Morgan fingerprint density at radius 3 is 2.59 bits per heavy atom. The number of carbonyl (C=O) groups is 1. The molecular weight excluding hydrogens is 532 g/mol. The van der Waals surface area contributed by atoms with E-state index in [4.69, 9.17) is 9.57 Å². The summed E-state index contributed by atoms with van der Waals surface area (Å²) >= 11 is 0. The third-order valence-electron chi connectivity index (χ3n) is 7.31. The monoisotopic (exact) mass is 565 g/mol. The maximum Gasteiger partial charge on any atom is 0.247 e. The van der Waals surface area contributed by atoms with Crippen LogP contribution in [-0.4, -0.2) is 67.7 Å². The van der Waals surface area contributed by atoms with Gasteiger partial charge in [-0.25, -0.2) is 23.8 Å². The molecule has 0 bridgehead atoms. The second kappa shape index (κ2) is 12.1. The third kappa shape index (κ3) is 6.23. The van der Waals surface area contributed by atoms with Crippen LogP contribution in [0.2, 0.25) is 0 Å². The minimum absolute atomic E-state index is 0.332. The third-order valence-corrected chi connectivity index (χ3v) is 7.31. The van der Waals surface area contributed by atoms with Crippen LogP contribution in [0.1, 0.15) is 24.4 Å². The minimum Gasteiger partial charge on any atom is -0.494 e. The Morgan fingerprint density at radius 1 is 1.12 bits per heavy atom. The Hall–Kier alpha value is -4.29. The average molecular weight is 566 g/mol. The Morgan fingerprint density at radius 2 is 1.90 bits per heavy atom. The van der Waals surface area contributed by atoms with Crippen molar-refractivity contribution in [2.45, 2.75) is 24.9 Å². The molecule has 2 aliphatic rings. The summed E-state index contributed by atoms with van der Waals surface area (Å²) in [6.45, 7) is 5.58. The number of anilines is 5. The summed E-state index contributed by atoms with van der Waals surface area (Å²) in [5.74, 6) is -0.250. The highest BCUT2D eigenvalue weighted by Gasteiger charge is 2.30. The molecule has 2 atom stereocenters. The highest BCUT2D eigenvalue weighted by molar-refractivity contribution is 6.02. The van der Waals surface area contributed by atoms with E-state index in [2.05, 4.69) is 51.1 Å². The number of halogens is 2. The molecular formula is C29H33F2N7O3. The van der Waals surface area contributed by atoms with E-state index in [1.807, 2.05) is 6.07 Å². The zero-order chi connectivity index (χ0) is 29.1. The van der Waals surface area contributed by atoms with E-state index in [1.165, 1.54) is 29.6 Å². The number of aromatic nitrogens is 2. The summed E-state index contributed by atoms with van der Waals surface area (Å²) in [4.78, 5) is 31.2. The van der Waals surface area contributed by atoms with Crippen molar-refractivity contribution in [1.82, 2.24) is 14.9 Å². The number of methoxy groups -OCH3 is 1. The van der Waals surface area contributed by atoms with Crippen molar-refractivity contribution >= 4 is 34.6 Å². The van der Waals surface area contributed by atoms with E-state index in [1.54, 1.807) is 19.2 Å². The molecule has 12 heteroatoms. The lowest BCUT2D eigenvalue weighted by Gasteiger charge is -2.26. The number of nitrogens with one attached hydrogen (secondary N) is 2. The molecule has 10 nitrogen and oxygen atoms in total. The van der Waals surface area contributed by atoms with Crippen LogP contribution in [0.3, 0.4) is 0 Å². The number of rotatable bonds is 9. The topological polar surface area (TPSA) is 95.1 Å². The van der Waals surface area contributed by atoms with E-state index in [0.29, 0.717) is 53.4 Å². The number of carbonyl (C=O) groups excluding carboxylic acids is 1. The molecule has 0 spiro atoms. The van der Waals surface area contributed by atoms with Crippen molar-refractivity contribution < 1.29 is 23.1 Å². The van der Waals surface area contributed by atoms with Gasteiger partial charge in [0, 0.05) is 43.8 Å². The fraction of sp³-hybridized carbons (Fsp3) is 0.345. The first kappa shape index (κ1) is 28.2. The van der Waals surface area contributed by atoms with E-state index in [-0.39, 0.29) is 5.91 Å². The van der Waals surface area contributed by atoms with Crippen molar-refractivity contribution in [3.63, 3.8) is 0 Å². The van der Waals surface area contributed by atoms with E-state index in [0.717, 1.165) is 31.3 Å². The van der Waals surface area contributed by atoms with Crippen LogP contribution in [0.15, 0.2) is 55.4 Å². The van der Waals surface area contributed by atoms with Crippen molar-refractivity contribution in [3.05, 3.63) is 72.6 Å². The number of amides is 1. The number of ether oxygens (including phenoxy) is 1. The van der Waals surface area contributed by atoms with Crippen molar-refractivity contribution in [2.24, 2.45) is 0 Å². The molecule has 2 saturated heterocycles. The quantitative estimate of drug-likeness (QED) is 0.360. The maximum atomic E-state index is 13.9. The Labute approximate surface area is 237 Å². The molecule has 5 rings (SSSR count). The van der Waals surface area contributed by atoms with Crippen LogP contribution in [-0.2, 0) is 9.63 Å². The molecule has 0 radical (unpaired) electrons. The second-order valence-corrected chi connectivity index (χ2v) is 10.2. The standard InChI is InChI=1S/C29H33F2N7O3/c1-5-29(39)35-22-13-23(26(40-4)14-25(22)37-8-6-21(16-37)36(2)3)34-27-15-28(33-17-32-27)38-24(7-9-41-38)18-10-19(30)12-20(31)11-18/h5,10-15,17,21,24H,1,6-9,16H2,2-4H3,(H,35,39)(H,32,33,34)/t21-,24-/m1/s1. The highest BCUT2D eigenvalue weighted by Crippen LogP contribution is 2.40. The summed E-state index contributed by atoms with van der Waals surface area (Å²) < 4.78 is 33.6.